The number of aliphatic hydroxyl groups excluding tert-OH is 1. The van der Waals surface area contributed by atoms with Crippen LogP contribution in [0.1, 0.15) is 24.8 Å². The molecular formula is C13H17NO3. The highest BCUT2D eigenvalue weighted by Crippen LogP contribution is 2.31. The third-order valence-corrected chi connectivity index (χ3v) is 3.32. The number of carbonyl (C=O) groups is 1. The zero-order valence-corrected chi connectivity index (χ0v) is 9.65. The molecule has 92 valence electrons. The number of phenolic OH excluding ortho intramolecular Hbond substituents is 1. The van der Waals surface area contributed by atoms with Crippen LogP contribution in [0, 0.1) is 0 Å². The van der Waals surface area contributed by atoms with Gasteiger partial charge in [0.1, 0.15) is 5.75 Å². The molecule has 0 aromatic heterocycles. The number of rotatable bonds is 4. The minimum Gasteiger partial charge on any atom is -0.508 e. The van der Waals surface area contributed by atoms with E-state index in [2.05, 4.69) is 5.32 Å². The molecule has 17 heavy (non-hydrogen) atoms. The molecule has 0 radical (unpaired) electrons. The van der Waals surface area contributed by atoms with Crippen molar-refractivity contribution in [1.82, 2.24) is 5.32 Å². The van der Waals surface area contributed by atoms with Crippen molar-refractivity contribution in [2.24, 2.45) is 0 Å². The molecule has 4 heteroatoms. The van der Waals surface area contributed by atoms with E-state index in [1.165, 1.54) is 0 Å². The molecule has 1 aromatic rings. The van der Waals surface area contributed by atoms with Crippen molar-refractivity contribution in [3.63, 3.8) is 0 Å². The van der Waals surface area contributed by atoms with Gasteiger partial charge in [0.15, 0.2) is 0 Å². The molecule has 1 amide bonds. The average Bonchev–Trinajstić information content (AvgIpc) is 2.27. The highest BCUT2D eigenvalue weighted by atomic mass is 16.3. The Kier molecular flexibility index (Phi) is 3.33. The van der Waals surface area contributed by atoms with E-state index >= 15 is 0 Å². The molecule has 0 atom stereocenters. The fourth-order valence-corrected chi connectivity index (χ4v) is 2.07. The second kappa shape index (κ2) is 4.75. The lowest BCUT2D eigenvalue weighted by molar-refractivity contribution is -0.124. The maximum atomic E-state index is 11.8. The summed E-state index contributed by atoms with van der Waals surface area (Å²) in [6.07, 6.45) is 3.04. The quantitative estimate of drug-likeness (QED) is 0.728. The lowest BCUT2D eigenvalue weighted by Crippen LogP contribution is -2.56. The number of hydrogen-bond acceptors (Lipinski definition) is 3. The summed E-state index contributed by atoms with van der Waals surface area (Å²) in [5, 5.41) is 21.3. The molecule has 1 aliphatic carbocycles. The summed E-state index contributed by atoms with van der Waals surface area (Å²) in [7, 11) is 0. The first-order chi connectivity index (χ1) is 8.13. The fourth-order valence-electron chi connectivity index (χ4n) is 2.07. The van der Waals surface area contributed by atoms with Crippen LogP contribution in [0.5, 0.6) is 5.75 Å². The molecule has 1 aliphatic rings. The molecule has 1 saturated carbocycles. The van der Waals surface area contributed by atoms with Gasteiger partial charge in [-0.3, -0.25) is 4.79 Å². The molecule has 0 spiro atoms. The minimum atomic E-state index is -0.381. The van der Waals surface area contributed by atoms with Crippen LogP contribution in [0.4, 0.5) is 0 Å². The minimum absolute atomic E-state index is 0.00825. The highest BCUT2D eigenvalue weighted by molar-refractivity contribution is 5.79. The first-order valence-corrected chi connectivity index (χ1v) is 5.83. The van der Waals surface area contributed by atoms with Crippen LogP contribution in [-0.4, -0.2) is 28.3 Å². The average molecular weight is 235 g/mol. The van der Waals surface area contributed by atoms with E-state index in [4.69, 9.17) is 5.11 Å². The lowest BCUT2D eigenvalue weighted by Gasteiger charge is -2.41. The zero-order valence-electron chi connectivity index (χ0n) is 9.65. The van der Waals surface area contributed by atoms with Gasteiger partial charge in [0.25, 0.3) is 0 Å². The summed E-state index contributed by atoms with van der Waals surface area (Å²) in [6.45, 7) is 0.00825. The van der Waals surface area contributed by atoms with Gasteiger partial charge < -0.3 is 15.5 Å². The van der Waals surface area contributed by atoms with Gasteiger partial charge in [0, 0.05) is 0 Å². The molecule has 0 unspecified atom stereocenters. The van der Waals surface area contributed by atoms with E-state index in [0.717, 1.165) is 24.8 Å². The van der Waals surface area contributed by atoms with Gasteiger partial charge in [-0.15, -0.1) is 0 Å². The number of aliphatic hydroxyl groups is 1. The summed E-state index contributed by atoms with van der Waals surface area (Å²) < 4.78 is 0. The third kappa shape index (κ3) is 2.77. The Morgan fingerprint density at radius 2 is 1.94 bits per heavy atom. The third-order valence-electron chi connectivity index (χ3n) is 3.32. The zero-order chi connectivity index (χ0) is 12.3. The maximum Gasteiger partial charge on any atom is 0.224 e. The van der Waals surface area contributed by atoms with Gasteiger partial charge >= 0.3 is 0 Å². The van der Waals surface area contributed by atoms with E-state index < -0.39 is 0 Å². The first kappa shape index (κ1) is 11.9. The Bertz CT molecular complexity index is 390. The largest absolute Gasteiger partial charge is 0.508 e. The Balaban J connectivity index is 1.91. The van der Waals surface area contributed by atoms with E-state index in [-0.39, 0.29) is 30.2 Å². The molecule has 0 aliphatic heterocycles. The number of benzene rings is 1. The molecular weight excluding hydrogens is 218 g/mol. The number of hydrogen-bond donors (Lipinski definition) is 3. The number of carbonyl (C=O) groups excluding carboxylic acids is 1. The standard InChI is InChI=1S/C13H17NO3/c15-9-13(6-1-7-13)14-12(17)8-10-2-4-11(16)5-3-10/h2-5,15-16H,1,6-9H2,(H,14,17). The van der Waals surface area contributed by atoms with Gasteiger partial charge in [-0.1, -0.05) is 12.1 Å². The predicted molar refractivity (Wildman–Crippen MR) is 63.6 cm³/mol. The molecule has 1 fully saturated rings. The van der Waals surface area contributed by atoms with Crippen LogP contribution in [0.25, 0.3) is 0 Å². The summed E-state index contributed by atoms with van der Waals surface area (Å²) in [5.41, 5.74) is 0.473. The van der Waals surface area contributed by atoms with Crippen LogP contribution in [0.2, 0.25) is 0 Å². The highest BCUT2D eigenvalue weighted by Gasteiger charge is 2.37. The van der Waals surface area contributed by atoms with Crippen molar-refractivity contribution in [3.05, 3.63) is 29.8 Å². The Hall–Kier alpha value is -1.55. The van der Waals surface area contributed by atoms with Crippen molar-refractivity contribution in [2.45, 2.75) is 31.2 Å². The summed E-state index contributed by atoms with van der Waals surface area (Å²) in [5.74, 6) is 0.115. The van der Waals surface area contributed by atoms with E-state index in [9.17, 15) is 9.90 Å². The number of aromatic hydroxyl groups is 1. The molecule has 4 nitrogen and oxygen atoms in total. The molecule has 0 bridgehead atoms. The van der Waals surface area contributed by atoms with Gasteiger partial charge in [0.05, 0.1) is 18.6 Å². The van der Waals surface area contributed by atoms with Gasteiger partial charge in [0.2, 0.25) is 5.91 Å². The fraction of sp³-hybridized carbons (Fsp3) is 0.462. The Morgan fingerprint density at radius 1 is 1.29 bits per heavy atom. The smallest absolute Gasteiger partial charge is 0.224 e. The number of nitrogens with one attached hydrogen (secondary N) is 1. The topological polar surface area (TPSA) is 69.6 Å². The SMILES string of the molecule is O=C(Cc1ccc(O)cc1)NC1(CO)CCC1. The van der Waals surface area contributed by atoms with Gasteiger partial charge in [-0.2, -0.15) is 0 Å². The molecule has 0 saturated heterocycles. The summed E-state index contributed by atoms with van der Waals surface area (Å²) >= 11 is 0. The van der Waals surface area contributed by atoms with Gasteiger partial charge in [-0.25, -0.2) is 0 Å². The lowest BCUT2D eigenvalue weighted by atomic mass is 9.77. The van der Waals surface area contributed by atoms with Crippen LogP contribution in [0.3, 0.4) is 0 Å². The normalized spacial score (nSPS) is 17.2. The van der Waals surface area contributed by atoms with E-state index in [1.54, 1.807) is 24.3 Å². The predicted octanol–water partition coefficient (Wildman–Crippen LogP) is 0.966. The summed E-state index contributed by atoms with van der Waals surface area (Å²) in [6, 6.07) is 6.57. The summed E-state index contributed by atoms with van der Waals surface area (Å²) in [4.78, 5) is 11.8. The Morgan fingerprint density at radius 3 is 2.41 bits per heavy atom. The number of amides is 1. The molecule has 1 aromatic carbocycles. The van der Waals surface area contributed by atoms with E-state index in [1.807, 2.05) is 0 Å². The van der Waals surface area contributed by atoms with Crippen molar-refractivity contribution in [1.29, 1.82) is 0 Å². The molecule has 2 rings (SSSR count). The van der Waals surface area contributed by atoms with E-state index in [0.29, 0.717) is 0 Å². The molecule has 3 N–H and O–H groups in total. The molecule has 0 heterocycles. The first-order valence-electron chi connectivity index (χ1n) is 5.83. The van der Waals surface area contributed by atoms with Crippen LogP contribution < -0.4 is 5.32 Å². The second-order valence-corrected chi connectivity index (χ2v) is 4.68. The second-order valence-electron chi connectivity index (χ2n) is 4.68. The van der Waals surface area contributed by atoms with Crippen molar-refractivity contribution >= 4 is 5.91 Å². The van der Waals surface area contributed by atoms with Gasteiger partial charge in [-0.05, 0) is 37.0 Å². The number of phenols is 1. The van der Waals surface area contributed by atoms with Crippen LogP contribution >= 0.6 is 0 Å². The van der Waals surface area contributed by atoms with Crippen LogP contribution in [-0.2, 0) is 11.2 Å². The van der Waals surface area contributed by atoms with Crippen molar-refractivity contribution < 1.29 is 15.0 Å². The monoisotopic (exact) mass is 235 g/mol. The Labute approximate surface area is 100 Å². The maximum absolute atomic E-state index is 11.8. The van der Waals surface area contributed by atoms with Crippen LogP contribution in [0.15, 0.2) is 24.3 Å². The van der Waals surface area contributed by atoms with Crippen molar-refractivity contribution in [2.75, 3.05) is 6.61 Å². The van der Waals surface area contributed by atoms with Crippen molar-refractivity contribution in [3.8, 4) is 5.75 Å².